The monoisotopic (exact) mass is 491 g/mol. The molecule has 1 N–H and O–H groups in total. The Bertz CT molecular complexity index is 1170. The van der Waals surface area contributed by atoms with Gasteiger partial charge >= 0.3 is 0 Å². The molecule has 4 rings (SSSR count). The maximum atomic E-state index is 13.2. The summed E-state index contributed by atoms with van der Waals surface area (Å²) < 4.78 is 10.7. The Morgan fingerprint density at radius 2 is 1.89 bits per heavy atom. The summed E-state index contributed by atoms with van der Waals surface area (Å²) in [5.74, 6) is 1.44. The molecular formula is C27H33N5O4. The summed E-state index contributed by atoms with van der Waals surface area (Å²) in [4.78, 5) is 34.5. The largest absolute Gasteiger partial charge is 0.497 e. The third-order valence-corrected chi connectivity index (χ3v) is 6.52. The summed E-state index contributed by atoms with van der Waals surface area (Å²) in [5.41, 5.74) is 1.91. The molecule has 1 aliphatic rings. The van der Waals surface area contributed by atoms with Gasteiger partial charge in [-0.05, 0) is 69.6 Å². The molecular weight excluding hydrogens is 458 g/mol. The zero-order chi connectivity index (χ0) is 25.5. The van der Waals surface area contributed by atoms with Crippen molar-refractivity contribution in [3.8, 4) is 17.1 Å². The Kier molecular flexibility index (Phi) is 8.32. The fourth-order valence-electron chi connectivity index (χ4n) is 4.48. The SMILES string of the molecule is CCN(CC)C(=O)c1ccccc1NC(=O)C1CCCN(Cc2nc(-c3ccc(OC)cc3)no2)C1. The first-order valence-electron chi connectivity index (χ1n) is 12.4. The minimum Gasteiger partial charge on any atom is -0.497 e. The second-order valence-electron chi connectivity index (χ2n) is 8.83. The molecule has 2 aromatic carbocycles. The maximum Gasteiger partial charge on any atom is 0.255 e. The average molecular weight is 492 g/mol. The van der Waals surface area contributed by atoms with Crippen LogP contribution in [-0.2, 0) is 11.3 Å². The van der Waals surface area contributed by atoms with Gasteiger partial charge in [-0.3, -0.25) is 14.5 Å². The molecule has 36 heavy (non-hydrogen) atoms. The van der Waals surface area contributed by atoms with Gasteiger partial charge in [0.2, 0.25) is 17.6 Å². The minimum absolute atomic E-state index is 0.0785. The van der Waals surface area contributed by atoms with E-state index in [0.29, 0.717) is 49.1 Å². The number of carbonyl (C=O) groups is 2. The van der Waals surface area contributed by atoms with Crippen molar-refractivity contribution in [3.05, 3.63) is 60.0 Å². The number of amides is 2. The van der Waals surface area contributed by atoms with E-state index in [2.05, 4.69) is 20.4 Å². The van der Waals surface area contributed by atoms with Crippen LogP contribution in [0, 0.1) is 5.92 Å². The molecule has 2 amide bonds. The molecule has 1 aliphatic heterocycles. The molecule has 0 radical (unpaired) electrons. The minimum atomic E-state index is -0.195. The van der Waals surface area contributed by atoms with Gasteiger partial charge in [-0.2, -0.15) is 4.98 Å². The van der Waals surface area contributed by atoms with Crippen molar-refractivity contribution < 1.29 is 18.8 Å². The van der Waals surface area contributed by atoms with E-state index in [1.54, 1.807) is 24.1 Å². The predicted octanol–water partition coefficient (Wildman–Crippen LogP) is 4.08. The molecule has 0 aliphatic carbocycles. The first-order valence-corrected chi connectivity index (χ1v) is 12.4. The summed E-state index contributed by atoms with van der Waals surface area (Å²) >= 11 is 0. The third-order valence-electron chi connectivity index (χ3n) is 6.52. The predicted molar refractivity (Wildman–Crippen MR) is 137 cm³/mol. The third kappa shape index (κ3) is 5.91. The number of nitrogens with one attached hydrogen (secondary N) is 1. The van der Waals surface area contributed by atoms with E-state index in [1.165, 1.54) is 0 Å². The fourth-order valence-corrected chi connectivity index (χ4v) is 4.48. The number of nitrogens with zero attached hydrogens (tertiary/aromatic N) is 4. The fraction of sp³-hybridized carbons (Fsp3) is 0.407. The number of ether oxygens (including phenoxy) is 1. The number of anilines is 1. The van der Waals surface area contributed by atoms with Crippen LogP contribution in [0.15, 0.2) is 53.1 Å². The number of aromatic nitrogens is 2. The van der Waals surface area contributed by atoms with E-state index in [4.69, 9.17) is 9.26 Å². The van der Waals surface area contributed by atoms with E-state index in [0.717, 1.165) is 30.7 Å². The van der Waals surface area contributed by atoms with Gasteiger partial charge in [0.05, 0.1) is 30.8 Å². The number of hydrogen-bond donors (Lipinski definition) is 1. The lowest BCUT2D eigenvalue weighted by atomic mass is 9.96. The molecule has 0 spiro atoms. The lowest BCUT2D eigenvalue weighted by Crippen LogP contribution is -2.40. The Morgan fingerprint density at radius 1 is 1.14 bits per heavy atom. The van der Waals surface area contributed by atoms with Gasteiger partial charge in [0.15, 0.2) is 0 Å². The summed E-state index contributed by atoms with van der Waals surface area (Å²) in [6.45, 7) is 7.03. The van der Waals surface area contributed by atoms with Crippen LogP contribution in [-0.4, -0.2) is 65.0 Å². The lowest BCUT2D eigenvalue weighted by molar-refractivity contribution is -0.121. The highest BCUT2D eigenvalue weighted by Crippen LogP contribution is 2.24. The molecule has 3 aromatic rings. The van der Waals surface area contributed by atoms with Gasteiger partial charge in [0.1, 0.15) is 5.75 Å². The number of piperidine rings is 1. The quantitative estimate of drug-likeness (QED) is 0.481. The van der Waals surface area contributed by atoms with Crippen LogP contribution in [0.5, 0.6) is 5.75 Å². The second kappa shape index (κ2) is 11.8. The van der Waals surface area contributed by atoms with E-state index < -0.39 is 0 Å². The van der Waals surface area contributed by atoms with Gasteiger partial charge in [0.25, 0.3) is 5.91 Å². The van der Waals surface area contributed by atoms with Gasteiger partial charge in [0, 0.05) is 25.2 Å². The highest BCUT2D eigenvalue weighted by Gasteiger charge is 2.28. The number of methoxy groups -OCH3 is 1. The summed E-state index contributed by atoms with van der Waals surface area (Å²) in [6.07, 6.45) is 1.67. The van der Waals surface area contributed by atoms with Crippen molar-refractivity contribution in [1.29, 1.82) is 0 Å². The topological polar surface area (TPSA) is 101 Å². The van der Waals surface area contributed by atoms with Crippen LogP contribution in [0.25, 0.3) is 11.4 Å². The maximum absolute atomic E-state index is 13.2. The number of benzene rings is 2. The van der Waals surface area contributed by atoms with Crippen molar-refractivity contribution in [1.82, 2.24) is 19.9 Å². The molecule has 1 unspecified atom stereocenters. The van der Waals surface area contributed by atoms with Crippen LogP contribution < -0.4 is 10.1 Å². The summed E-state index contributed by atoms with van der Waals surface area (Å²) in [6, 6.07) is 14.7. The lowest BCUT2D eigenvalue weighted by Gasteiger charge is -2.31. The highest BCUT2D eigenvalue weighted by molar-refractivity contribution is 6.04. The number of rotatable bonds is 9. The van der Waals surface area contributed by atoms with E-state index in [9.17, 15) is 9.59 Å². The van der Waals surface area contributed by atoms with E-state index in [1.807, 2.05) is 50.2 Å². The molecule has 1 aromatic heterocycles. The van der Waals surface area contributed by atoms with Gasteiger partial charge in [-0.1, -0.05) is 17.3 Å². The zero-order valence-electron chi connectivity index (χ0n) is 21.1. The molecule has 9 nitrogen and oxygen atoms in total. The molecule has 0 bridgehead atoms. The van der Waals surface area contributed by atoms with Crippen molar-refractivity contribution >= 4 is 17.5 Å². The van der Waals surface area contributed by atoms with Crippen molar-refractivity contribution in [2.45, 2.75) is 33.2 Å². The van der Waals surface area contributed by atoms with E-state index >= 15 is 0 Å². The first-order chi connectivity index (χ1) is 17.5. The number of likely N-dealkylation sites (tertiary alicyclic amines) is 1. The molecule has 1 fully saturated rings. The summed E-state index contributed by atoms with van der Waals surface area (Å²) in [5, 5.41) is 7.11. The van der Waals surface area contributed by atoms with Crippen LogP contribution in [0.3, 0.4) is 0 Å². The van der Waals surface area contributed by atoms with Gasteiger partial charge < -0.3 is 19.5 Å². The molecule has 9 heteroatoms. The number of carbonyl (C=O) groups excluding carboxylic acids is 2. The highest BCUT2D eigenvalue weighted by atomic mass is 16.5. The molecule has 1 atom stereocenters. The molecule has 1 saturated heterocycles. The Hall–Kier alpha value is -3.72. The van der Waals surface area contributed by atoms with Crippen LogP contribution in [0.2, 0.25) is 0 Å². The average Bonchev–Trinajstić information content (AvgIpc) is 3.38. The second-order valence-corrected chi connectivity index (χ2v) is 8.83. The van der Waals surface area contributed by atoms with Crippen molar-refractivity contribution in [2.75, 3.05) is 38.6 Å². The Morgan fingerprint density at radius 3 is 2.61 bits per heavy atom. The van der Waals surface area contributed by atoms with Crippen LogP contribution in [0.4, 0.5) is 5.69 Å². The number of hydrogen-bond acceptors (Lipinski definition) is 7. The normalized spacial score (nSPS) is 15.9. The smallest absolute Gasteiger partial charge is 0.255 e. The van der Waals surface area contributed by atoms with Crippen LogP contribution in [0.1, 0.15) is 42.9 Å². The van der Waals surface area contributed by atoms with Gasteiger partial charge in [-0.25, -0.2) is 0 Å². The standard InChI is InChI=1S/C27H33N5O4/c1-4-32(5-2)27(34)22-10-6-7-11-23(22)28-26(33)20-9-8-16-31(17-20)18-24-29-25(30-36-24)19-12-14-21(35-3)15-13-19/h6-7,10-15,20H,4-5,8-9,16-18H2,1-3H3,(H,28,33). The van der Waals surface area contributed by atoms with Crippen LogP contribution >= 0.6 is 0 Å². The Labute approximate surface area is 211 Å². The molecule has 2 heterocycles. The van der Waals surface area contributed by atoms with E-state index in [-0.39, 0.29) is 17.7 Å². The van der Waals surface area contributed by atoms with Gasteiger partial charge in [-0.15, -0.1) is 0 Å². The summed E-state index contributed by atoms with van der Waals surface area (Å²) in [7, 11) is 1.62. The zero-order valence-corrected chi connectivity index (χ0v) is 21.1. The van der Waals surface area contributed by atoms with Crippen molar-refractivity contribution in [3.63, 3.8) is 0 Å². The number of para-hydroxylation sites is 1. The molecule has 0 saturated carbocycles. The first kappa shape index (κ1) is 25.4. The van der Waals surface area contributed by atoms with Crippen molar-refractivity contribution in [2.24, 2.45) is 5.92 Å². The Balaban J connectivity index is 1.38. The molecule has 190 valence electrons.